The first-order valence-electron chi connectivity index (χ1n) is 6.89. The molecule has 0 aliphatic carbocycles. The molecule has 1 aromatic heterocycles. The van der Waals surface area contributed by atoms with Crippen LogP contribution in [0.25, 0.3) is 0 Å². The number of hydrogen-bond donors (Lipinski definition) is 1. The number of carbonyl (C=O) groups is 1. The molecule has 2 rings (SSSR count). The molecular formula is C16H16BrN3O3. The maximum Gasteiger partial charge on any atom is 0.271 e. The molecular weight excluding hydrogens is 362 g/mol. The maximum atomic E-state index is 11.9. The summed E-state index contributed by atoms with van der Waals surface area (Å²) in [7, 11) is 1.57. The number of nitrogens with zero attached hydrogens (tertiary/aromatic N) is 2. The van der Waals surface area contributed by atoms with Gasteiger partial charge in [0.2, 0.25) is 0 Å². The van der Waals surface area contributed by atoms with E-state index in [0.29, 0.717) is 23.7 Å². The Labute approximate surface area is 142 Å². The van der Waals surface area contributed by atoms with Gasteiger partial charge in [-0.15, -0.1) is 0 Å². The van der Waals surface area contributed by atoms with Gasteiger partial charge in [-0.3, -0.25) is 9.78 Å². The van der Waals surface area contributed by atoms with E-state index in [-0.39, 0.29) is 5.91 Å². The first kappa shape index (κ1) is 17.0. The van der Waals surface area contributed by atoms with Crippen molar-refractivity contribution >= 4 is 28.1 Å². The molecule has 0 saturated heterocycles. The predicted molar refractivity (Wildman–Crippen MR) is 91.2 cm³/mol. The number of methoxy groups -OCH3 is 1. The fourth-order valence-corrected chi connectivity index (χ4v) is 2.48. The fraction of sp³-hybridized carbons (Fsp3) is 0.188. The Bertz CT molecular complexity index is 705. The smallest absolute Gasteiger partial charge is 0.271 e. The molecule has 0 bridgehead atoms. The van der Waals surface area contributed by atoms with Crippen LogP contribution in [0.5, 0.6) is 11.5 Å². The minimum atomic E-state index is -0.304. The van der Waals surface area contributed by atoms with Gasteiger partial charge in [0.1, 0.15) is 0 Å². The lowest BCUT2D eigenvalue weighted by Crippen LogP contribution is -2.17. The SMILES string of the molecule is CCOc1cc(/C=N\NC(=O)c2ccncc2)cc(Br)c1OC. The predicted octanol–water partition coefficient (Wildman–Crippen LogP) is 3.02. The van der Waals surface area contributed by atoms with Crippen molar-refractivity contribution in [2.45, 2.75) is 6.92 Å². The minimum Gasteiger partial charge on any atom is -0.492 e. The number of hydrogen-bond acceptors (Lipinski definition) is 5. The second-order valence-corrected chi connectivity index (χ2v) is 5.26. The first-order chi connectivity index (χ1) is 11.2. The lowest BCUT2D eigenvalue weighted by molar-refractivity contribution is 0.0955. The zero-order valence-electron chi connectivity index (χ0n) is 12.7. The molecule has 0 saturated carbocycles. The number of carbonyl (C=O) groups excluding carboxylic acids is 1. The lowest BCUT2D eigenvalue weighted by atomic mass is 10.2. The zero-order chi connectivity index (χ0) is 16.7. The van der Waals surface area contributed by atoms with Crippen LogP contribution in [0.3, 0.4) is 0 Å². The van der Waals surface area contributed by atoms with Crippen LogP contribution in [0.2, 0.25) is 0 Å². The van der Waals surface area contributed by atoms with E-state index >= 15 is 0 Å². The molecule has 0 aliphatic rings. The summed E-state index contributed by atoms with van der Waals surface area (Å²) in [4.78, 5) is 15.7. The van der Waals surface area contributed by atoms with Crippen LogP contribution in [0, 0.1) is 0 Å². The molecule has 0 aliphatic heterocycles. The molecule has 120 valence electrons. The number of pyridine rings is 1. The molecule has 0 unspecified atom stereocenters. The standard InChI is InChI=1S/C16H16BrN3O3/c1-3-23-14-9-11(8-13(17)15(14)22-2)10-19-20-16(21)12-4-6-18-7-5-12/h4-10H,3H2,1-2H3,(H,20,21)/b19-10-. The molecule has 2 aromatic rings. The lowest BCUT2D eigenvalue weighted by Gasteiger charge is -2.11. The van der Waals surface area contributed by atoms with Crippen molar-refractivity contribution in [1.29, 1.82) is 0 Å². The van der Waals surface area contributed by atoms with Crippen LogP contribution in [0.4, 0.5) is 0 Å². The van der Waals surface area contributed by atoms with E-state index in [9.17, 15) is 4.79 Å². The third kappa shape index (κ3) is 4.53. The summed E-state index contributed by atoms with van der Waals surface area (Å²) < 4.78 is 11.6. The van der Waals surface area contributed by atoms with Crippen molar-refractivity contribution in [2.75, 3.05) is 13.7 Å². The quantitative estimate of drug-likeness (QED) is 0.620. The Morgan fingerprint density at radius 1 is 1.39 bits per heavy atom. The second kappa shape index (κ2) is 8.28. The van der Waals surface area contributed by atoms with E-state index < -0.39 is 0 Å². The summed E-state index contributed by atoms with van der Waals surface area (Å²) in [5.41, 5.74) is 3.71. The van der Waals surface area contributed by atoms with Gasteiger partial charge in [-0.1, -0.05) is 0 Å². The van der Waals surface area contributed by atoms with Crippen molar-refractivity contribution in [3.05, 3.63) is 52.3 Å². The van der Waals surface area contributed by atoms with Gasteiger partial charge in [0.15, 0.2) is 11.5 Å². The molecule has 0 fully saturated rings. The summed E-state index contributed by atoms with van der Waals surface area (Å²) in [5.74, 6) is 0.914. The van der Waals surface area contributed by atoms with Crippen molar-refractivity contribution in [3.8, 4) is 11.5 Å². The maximum absolute atomic E-state index is 11.9. The van der Waals surface area contributed by atoms with Gasteiger partial charge < -0.3 is 9.47 Å². The molecule has 1 heterocycles. The van der Waals surface area contributed by atoms with Crippen molar-refractivity contribution in [2.24, 2.45) is 5.10 Å². The Kier molecular flexibility index (Phi) is 6.10. The highest BCUT2D eigenvalue weighted by Crippen LogP contribution is 2.36. The average Bonchev–Trinajstić information content (AvgIpc) is 2.56. The topological polar surface area (TPSA) is 72.8 Å². The van der Waals surface area contributed by atoms with Crippen LogP contribution in [-0.2, 0) is 0 Å². The molecule has 0 spiro atoms. The van der Waals surface area contributed by atoms with Gasteiger partial charge in [0, 0.05) is 18.0 Å². The van der Waals surface area contributed by atoms with Crippen LogP contribution in [0.1, 0.15) is 22.8 Å². The van der Waals surface area contributed by atoms with E-state index in [1.807, 2.05) is 13.0 Å². The molecule has 1 aromatic carbocycles. The molecule has 1 amide bonds. The average molecular weight is 378 g/mol. The van der Waals surface area contributed by atoms with Gasteiger partial charge >= 0.3 is 0 Å². The summed E-state index contributed by atoms with van der Waals surface area (Å²) in [6.07, 6.45) is 4.63. The highest BCUT2D eigenvalue weighted by molar-refractivity contribution is 9.10. The number of halogens is 1. The van der Waals surface area contributed by atoms with Crippen LogP contribution in [-0.4, -0.2) is 30.8 Å². The summed E-state index contributed by atoms with van der Waals surface area (Å²) >= 11 is 3.42. The van der Waals surface area contributed by atoms with Gasteiger partial charge in [-0.05, 0) is 52.7 Å². The number of amides is 1. The number of rotatable bonds is 6. The summed E-state index contributed by atoms with van der Waals surface area (Å²) in [6, 6.07) is 6.84. The molecule has 7 heteroatoms. The third-order valence-corrected chi connectivity index (χ3v) is 3.45. The van der Waals surface area contributed by atoms with E-state index in [2.05, 4.69) is 31.4 Å². The third-order valence-electron chi connectivity index (χ3n) is 2.86. The number of aromatic nitrogens is 1. The molecule has 1 N–H and O–H groups in total. The van der Waals surface area contributed by atoms with Gasteiger partial charge in [-0.25, -0.2) is 5.43 Å². The number of ether oxygens (including phenoxy) is 2. The van der Waals surface area contributed by atoms with E-state index in [1.54, 1.807) is 37.7 Å². The minimum absolute atomic E-state index is 0.304. The molecule has 23 heavy (non-hydrogen) atoms. The summed E-state index contributed by atoms with van der Waals surface area (Å²) in [5, 5.41) is 3.95. The Hall–Kier alpha value is -2.41. The van der Waals surface area contributed by atoms with E-state index in [1.165, 1.54) is 6.21 Å². The Morgan fingerprint density at radius 2 is 2.13 bits per heavy atom. The number of nitrogens with one attached hydrogen (secondary N) is 1. The Morgan fingerprint density at radius 3 is 2.78 bits per heavy atom. The number of benzene rings is 1. The highest BCUT2D eigenvalue weighted by atomic mass is 79.9. The molecule has 6 nitrogen and oxygen atoms in total. The van der Waals surface area contributed by atoms with Gasteiger partial charge in [0.25, 0.3) is 5.91 Å². The van der Waals surface area contributed by atoms with Crippen molar-refractivity contribution in [3.63, 3.8) is 0 Å². The largest absolute Gasteiger partial charge is 0.492 e. The van der Waals surface area contributed by atoms with Crippen LogP contribution >= 0.6 is 15.9 Å². The van der Waals surface area contributed by atoms with Crippen molar-refractivity contribution < 1.29 is 14.3 Å². The number of hydrazone groups is 1. The van der Waals surface area contributed by atoms with Crippen LogP contribution < -0.4 is 14.9 Å². The first-order valence-corrected chi connectivity index (χ1v) is 7.68. The van der Waals surface area contributed by atoms with Crippen LogP contribution in [0.15, 0.2) is 46.2 Å². The molecule has 0 radical (unpaired) electrons. The highest BCUT2D eigenvalue weighted by Gasteiger charge is 2.10. The monoisotopic (exact) mass is 377 g/mol. The van der Waals surface area contributed by atoms with Crippen molar-refractivity contribution in [1.82, 2.24) is 10.4 Å². The zero-order valence-corrected chi connectivity index (χ0v) is 14.3. The Balaban J connectivity index is 2.12. The van der Waals surface area contributed by atoms with E-state index in [0.717, 1.165) is 10.0 Å². The fourth-order valence-electron chi connectivity index (χ4n) is 1.86. The normalized spacial score (nSPS) is 10.6. The second-order valence-electron chi connectivity index (χ2n) is 4.40. The van der Waals surface area contributed by atoms with Gasteiger partial charge in [0.05, 0.1) is 24.4 Å². The van der Waals surface area contributed by atoms with Gasteiger partial charge in [-0.2, -0.15) is 5.10 Å². The summed E-state index contributed by atoms with van der Waals surface area (Å²) in [6.45, 7) is 2.41. The molecule has 0 atom stereocenters. The van der Waals surface area contributed by atoms with E-state index in [4.69, 9.17) is 9.47 Å².